The van der Waals surface area contributed by atoms with Crippen molar-refractivity contribution < 1.29 is 9.53 Å². The van der Waals surface area contributed by atoms with Crippen LogP contribution < -0.4 is 0 Å². The molecule has 1 amide bonds. The standard InChI is InChI=1S/C14H13N3O2/c15-8-11-9-17(6-7-19-11)14(18)12-3-1-2-10-4-5-16-13(10)12/h1-5,11,16H,6-7,9H2. The third kappa shape index (κ3) is 2.07. The van der Waals surface area contributed by atoms with Gasteiger partial charge in [-0.3, -0.25) is 4.79 Å². The summed E-state index contributed by atoms with van der Waals surface area (Å²) in [7, 11) is 0. The summed E-state index contributed by atoms with van der Waals surface area (Å²) in [6.45, 7) is 1.26. The molecule has 1 fully saturated rings. The molecule has 1 atom stereocenters. The minimum Gasteiger partial charge on any atom is -0.361 e. The maximum Gasteiger partial charge on any atom is 0.256 e. The monoisotopic (exact) mass is 255 g/mol. The molecule has 1 aliphatic heterocycles. The van der Waals surface area contributed by atoms with Crippen molar-refractivity contribution in [2.75, 3.05) is 19.7 Å². The van der Waals surface area contributed by atoms with Crippen LogP contribution in [0.3, 0.4) is 0 Å². The second-order valence-electron chi connectivity index (χ2n) is 4.49. The van der Waals surface area contributed by atoms with E-state index < -0.39 is 6.10 Å². The first-order valence-corrected chi connectivity index (χ1v) is 6.16. The van der Waals surface area contributed by atoms with Gasteiger partial charge in [0.2, 0.25) is 0 Å². The number of nitrogens with one attached hydrogen (secondary N) is 1. The van der Waals surface area contributed by atoms with Gasteiger partial charge in [0.25, 0.3) is 5.91 Å². The lowest BCUT2D eigenvalue weighted by Gasteiger charge is -2.29. The summed E-state index contributed by atoms with van der Waals surface area (Å²) in [6, 6.07) is 9.61. The molecule has 3 rings (SSSR count). The molecule has 0 bridgehead atoms. The molecule has 1 aromatic heterocycles. The van der Waals surface area contributed by atoms with Crippen molar-refractivity contribution in [2.45, 2.75) is 6.10 Å². The Morgan fingerprint density at radius 2 is 2.37 bits per heavy atom. The second-order valence-corrected chi connectivity index (χ2v) is 4.49. The first kappa shape index (κ1) is 11.8. The average Bonchev–Trinajstić information content (AvgIpc) is 2.95. The van der Waals surface area contributed by atoms with E-state index >= 15 is 0 Å². The molecule has 2 heterocycles. The Labute approximate surface area is 110 Å². The number of amides is 1. The molecule has 5 heteroatoms. The summed E-state index contributed by atoms with van der Waals surface area (Å²) in [5, 5.41) is 9.89. The number of nitriles is 1. The van der Waals surface area contributed by atoms with Crippen molar-refractivity contribution in [3.05, 3.63) is 36.0 Å². The third-order valence-corrected chi connectivity index (χ3v) is 3.32. The minimum atomic E-state index is -0.527. The van der Waals surface area contributed by atoms with Crippen LogP contribution in [0.1, 0.15) is 10.4 Å². The van der Waals surface area contributed by atoms with E-state index in [1.807, 2.05) is 30.5 Å². The molecule has 19 heavy (non-hydrogen) atoms. The third-order valence-electron chi connectivity index (χ3n) is 3.32. The fraction of sp³-hybridized carbons (Fsp3) is 0.286. The van der Waals surface area contributed by atoms with Crippen LogP contribution in [0.2, 0.25) is 0 Å². The van der Waals surface area contributed by atoms with E-state index in [0.717, 1.165) is 10.9 Å². The van der Waals surface area contributed by atoms with E-state index in [-0.39, 0.29) is 5.91 Å². The molecule has 1 N–H and O–H groups in total. The Kier molecular flexibility index (Phi) is 2.94. The summed E-state index contributed by atoms with van der Waals surface area (Å²) in [4.78, 5) is 17.3. The summed E-state index contributed by atoms with van der Waals surface area (Å²) < 4.78 is 5.25. The second kappa shape index (κ2) is 4.75. The lowest BCUT2D eigenvalue weighted by molar-refractivity contribution is 0.00355. The van der Waals surface area contributed by atoms with Gasteiger partial charge < -0.3 is 14.6 Å². The number of carbonyl (C=O) groups is 1. The topological polar surface area (TPSA) is 69.1 Å². The summed E-state index contributed by atoms with van der Waals surface area (Å²) in [5.74, 6) is -0.0587. The van der Waals surface area contributed by atoms with Crippen molar-refractivity contribution in [3.63, 3.8) is 0 Å². The largest absolute Gasteiger partial charge is 0.361 e. The number of morpholine rings is 1. The number of nitrogens with zero attached hydrogens (tertiary/aromatic N) is 2. The molecular weight excluding hydrogens is 242 g/mol. The predicted molar refractivity (Wildman–Crippen MR) is 69.6 cm³/mol. The van der Waals surface area contributed by atoms with Crippen molar-refractivity contribution >= 4 is 16.8 Å². The van der Waals surface area contributed by atoms with Crippen molar-refractivity contribution in [3.8, 4) is 6.07 Å². The van der Waals surface area contributed by atoms with Gasteiger partial charge in [0.05, 0.1) is 30.3 Å². The van der Waals surface area contributed by atoms with Gasteiger partial charge in [-0.05, 0) is 12.1 Å². The highest BCUT2D eigenvalue weighted by atomic mass is 16.5. The van der Waals surface area contributed by atoms with E-state index in [0.29, 0.717) is 25.3 Å². The molecule has 1 aromatic carbocycles. The Hall–Kier alpha value is -2.32. The molecule has 0 spiro atoms. The number of hydrogen-bond acceptors (Lipinski definition) is 3. The van der Waals surface area contributed by atoms with Gasteiger partial charge in [-0.25, -0.2) is 0 Å². The average molecular weight is 255 g/mol. The minimum absolute atomic E-state index is 0.0587. The number of fused-ring (bicyclic) bond motifs is 1. The first-order chi connectivity index (χ1) is 9.29. The van der Waals surface area contributed by atoms with Crippen LogP contribution in [0.5, 0.6) is 0 Å². The molecular formula is C14H13N3O2. The maximum atomic E-state index is 12.5. The fourth-order valence-corrected chi connectivity index (χ4v) is 2.35. The number of hydrogen-bond donors (Lipinski definition) is 1. The Bertz CT molecular complexity index is 656. The van der Waals surface area contributed by atoms with E-state index in [9.17, 15) is 4.79 Å². The molecule has 1 aliphatic rings. The Balaban J connectivity index is 1.91. The molecule has 0 saturated carbocycles. The molecule has 5 nitrogen and oxygen atoms in total. The fourth-order valence-electron chi connectivity index (χ4n) is 2.35. The number of H-pyrrole nitrogens is 1. The van der Waals surface area contributed by atoms with Crippen molar-refractivity contribution in [1.29, 1.82) is 5.26 Å². The quantitative estimate of drug-likeness (QED) is 0.840. The number of rotatable bonds is 1. The molecule has 2 aromatic rings. The van der Waals surface area contributed by atoms with Crippen LogP contribution in [-0.2, 0) is 4.74 Å². The summed E-state index contributed by atoms with van der Waals surface area (Å²) >= 11 is 0. The molecule has 96 valence electrons. The van der Waals surface area contributed by atoms with E-state index in [1.54, 1.807) is 11.0 Å². The summed E-state index contributed by atoms with van der Waals surface area (Å²) in [5.41, 5.74) is 1.48. The zero-order chi connectivity index (χ0) is 13.2. The van der Waals surface area contributed by atoms with E-state index in [2.05, 4.69) is 4.98 Å². The van der Waals surface area contributed by atoms with Gasteiger partial charge in [0, 0.05) is 18.1 Å². The molecule has 0 aliphatic carbocycles. The lowest BCUT2D eigenvalue weighted by Crippen LogP contribution is -2.45. The normalized spacial score (nSPS) is 19.3. The predicted octanol–water partition coefficient (Wildman–Crippen LogP) is 1.53. The zero-order valence-corrected chi connectivity index (χ0v) is 10.3. The van der Waals surface area contributed by atoms with Crippen LogP contribution in [0, 0.1) is 11.3 Å². The van der Waals surface area contributed by atoms with E-state index in [1.165, 1.54) is 0 Å². The Morgan fingerprint density at radius 1 is 1.47 bits per heavy atom. The molecule has 1 saturated heterocycles. The highest BCUT2D eigenvalue weighted by molar-refractivity contribution is 6.05. The van der Waals surface area contributed by atoms with Crippen LogP contribution >= 0.6 is 0 Å². The SMILES string of the molecule is N#CC1CN(C(=O)c2cccc3cc[nH]c23)CCO1. The lowest BCUT2D eigenvalue weighted by atomic mass is 10.1. The Morgan fingerprint density at radius 3 is 3.21 bits per heavy atom. The van der Waals surface area contributed by atoms with Crippen LogP contribution in [-0.4, -0.2) is 41.6 Å². The summed E-state index contributed by atoms with van der Waals surface area (Å²) in [6.07, 6.45) is 1.29. The van der Waals surface area contributed by atoms with Crippen molar-refractivity contribution in [1.82, 2.24) is 9.88 Å². The van der Waals surface area contributed by atoms with Crippen LogP contribution in [0.15, 0.2) is 30.5 Å². The zero-order valence-electron chi connectivity index (χ0n) is 10.3. The first-order valence-electron chi connectivity index (χ1n) is 6.16. The van der Waals surface area contributed by atoms with Crippen molar-refractivity contribution in [2.24, 2.45) is 0 Å². The van der Waals surface area contributed by atoms with Gasteiger partial charge >= 0.3 is 0 Å². The number of para-hydroxylation sites is 1. The van der Waals surface area contributed by atoms with E-state index in [4.69, 9.17) is 10.00 Å². The molecule has 0 radical (unpaired) electrons. The highest BCUT2D eigenvalue weighted by Gasteiger charge is 2.25. The molecule has 1 unspecified atom stereocenters. The van der Waals surface area contributed by atoms with Crippen LogP contribution in [0.4, 0.5) is 0 Å². The number of carbonyl (C=O) groups excluding carboxylic acids is 1. The smallest absolute Gasteiger partial charge is 0.256 e. The van der Waals surface area contributed by atoms with Crippen LogP contribution in [0.25, 0.3) is 10.9 Å². The number of aromatic nitrogens is 1. The maximum absolute atomic E-state index is 12.5. The van der Waals surface area contributed by atoms with Gasteiger partial charge in [-0.1, -0.05) is 12.1 Å². The van der Waals surface area contributed by atoms with Gasteiger partial charge in [0.15, 0.2) is 6.10 Å². The van der Waals surface area contributed by atoms with Gasteiger partial charge in [-0.15, -0.1) is 0 Å². The number of benzene rings is 1. The number of aromatic amines is 1. The van der Waals surface area contributed by atoms with Gasteiger partial charge in [0.1, 0.15) is 0 Å². The van der Waals surface area contributed by atoms with Gasteiger partial charge in [-0.2, -0.15) is 5.26 Å². The highest BCUT2D eigenvalue weighted by Crippen LogP contribution is 2.19. The number of ether oxygens (including phenoxy) is 1.